The Labute approximate surface area is 133 Å². The minimum atomic E-state index is -3.68. The molecule has 2 aromatic carbocycles. The first-order valence-electron chi connectivity index (χ1n) is 6.45. The molecule has 0 aromatic heterocycles. The van der Waals surface area contributed by atoms with Crippen LogP contribution in [0, 0.1) is 0 Å². The van der Waals surface area contributed by atoms with Crippen molar-refractivity contribution in [2.75, 3.05) is 0 Å². The first-order valence-corrected chi connectivity index (χ1v) is 9.04. The number of hydrogen-bond donors (Lipinski definition) is 2. The van der Waals surface area contributed by atoms with Crippen LogP contribution in [0.2, 0.25) is 0 Å². The number of aliphatic carboxylic acids is 1. The van der Waals surface area contributed by atoms with E-state index in [9.17, 15) is 14.8 Å². The van der Waals surface area contributed by atoms with Crippen molar-refractivity contribution in [2.24, 2.45) is 0 Å². The van der Waals surface area contributed by atoms with Crippen LogP contribution in [-0.4, -0.2) is 16.0 Å². The zero-order chi connectivity index (χ0) is 16.0. The molecule has 0 aliphatic carbocycles. The van der Waals surface area contributed by atoms with E-state index >= 15 is 0 Å². The maximum absolute atomic E-state index is 11.3. The van der Waals surface area contributed by atoms with Crippen molar-refractivity contribution in [2.45, 2.75) is 12.7 Å². The second kappa shape index (κ2) is 7.63. The number of benzene rings is 2. The van der Waals surface area contributed by atoms with Gasteiger partial charge in [0.25, 0.3) is 0 Å². The topological polar surface area (TPSA) is 76.0 Å². The van der Waals surface area contributed by atoms with Gasteiger partial charge in [0.1, 0.15) is 0 Å². The number of carboxylic acid groups (broad SMARTS) is 1. The second-order valence-corrected chi connectivity index (χ2v) is 7.25. The lowest BCUT2D eigenvalue weighted by atomic mass is 10.1. The SMILES string of the molecule is O=C(O)[C@@H](OP(O)(=S)OCc1ccccc1)c1ccccc1. The molecule has 0 bridgehead atoms. The van der Waals surface area contributed by atoms with E-state index in [1.165, 1.54) is 0 Å². The zero-order valence-electron chi connectivity index (χ0n) is 11.5. The molecule has 2 rings (SSSR count). The van der Waals surface area contributed by atoms with Gasteiger partial charge in [0.05, 0.1) is 6.61 Å². The fourth-order valence-electron chi connectivity index (χ4n) is 1.77. The third-order valence-electron chi connectivity index (χ3n) is 2.80. The fraction of sp³-hybridized carbons (Fsp3) is 0.133. The van der Waals surface area contributed by atoms with Crippen LogP contribution < -0.4 is 0 Å². The lowest BCUT2D eigenvalue weighted by Crippen LogP contribution is -2.14. The molecule has 0 fully saturated rings. The third kappa shape index (κ3) is 5.02. The molecular weight excluding hydrogens is 323 g/mol. The minimum absolute atomic E-state index is 0.0513. The molecule has 5 nitrogen and oxygen atoms in total. The van der Waals surface area contributed by atoms with Gasteiger partial charge in [0.2, 0.25) is 0 Å². The van der Waals surface area contributed by atoms with Crippen molar-refractivity contribution in [3.63, 3.8) is 0 Å². The predicted octanol–water partition coefficient (Wildman–Crippen LogP) is 3.26. The maximum atomic E-state index is 11.3. The maximum Gasteiger partial charge on any atom is 0.338 e. The van der Waals surface area contributed by atoms with Crippen LogP contribution in [0.15, 0.2) is 60.7 Å². The van der Waals surface area contributed by atoms with Gasteiger partial charge in [0, 0.05) is 0 Å². The summed E-state index contributed by atoms with van der Waals surface area (Å²) in [5, 5.41) is 9.26. The van der Waals surface area contributed by atoms with Gasteiger partial charge in [-0.2, -0.15) is 0 Å². The average Bonchev–Trinajstić information content (AvgIpc) is 2.52. The molecule has 0 spiro atoms. The number of hydrogen-bond acceptors (Lipinski definition) is 4. The summed E-state index contributed by atoms with van der Waals surface area (Å²) < 4.78 is 10.4. The van der Waals surface area contributed by atoms with Crippen LogP contribution in [-0.2, 0) is 32.3 Å². The molecule has 2 N–H and O–H groups in total. The molecule has 0 saturated carbocycles. The summed E-state index contributed by atoms with van der Waals surface area (Å²) in [6.07, 6.45) is -1.37. The minimum Gasteiger partial charge on any atom is -0.479 e. The molecule has 0 saturated heterocycles. The van der Waals surface area contributed by atoms with Gasteiger partial charge in [-0.15, -0.1) is 0 Å². The van der Waals surface area contributed by atoms with Crippen molar-refractivity contribution < 1.29 is 23.8 Å². The van der Waals surface area contributed by atoms with Gasteiger partial charge in [0.15, 0.2) is 6.10 Å². The highest BCUT2D eigenvalue weighted by atomic mass is 32.5. The molecule has 22 heavy (non-hydrogen) atoms. The quantitative estimate of drug-likeness (QED) is 0.755. The van der Waals surface area contributed by atoms with Crippen molar-refractivity contribution >= 4 is 24.5 Å². The van der Waals surface area contributed by atoms with E-state index in [0.29, 0.717) is 5.56 Å². The molecule has 0 radical (unpaired) electrons. The van der Waals surface area contributed by atoms with Gasteiger partial charge >= 0.3 is 12.7 Å². The zero-order valence-corrected chi connectivity index (χ0v) is 13.2. The van der Waals surface area contributed by atoms with Crippen LogP contribution in [0.4, 0.5) is 0 Å². The standard InChI is InChI=1S/C15H15O5PS/c16-15(17)14(13-9-5-2-6-10-13)20-21(18,22)19-11-12-7-3-1-4-8-12/h1-10,14H,11H2,(H,16,17)(H,18,22)/t14-,21?/m0/s1. The van der Waals surface area contributed by atoms with Crippen molar-refractivity contribution in [1.82, 2.24) is 0 Å². The lowest BCUT2D eigenvalue weighted by molar-refractivity contribution is -0.146. The lowest BCUT2D eigenvalue weighted by Gasteiger charge is -2.21. The van der Waals surface area contributed by atoms with Crippen LogP contribution in [0.3, 0.4) is 0 Å². The molecule has 0 amide bonds. The van der Waals surface area contributed by atoms with Gasteiger partial charge < -0.3 is 14.5 Å². The third-order valence-corrected chi connectivity index (χ3v) is 4.31. The first-order chi connectivity index (χ1) is 10.5. The molecule has 116 valence electrons. The largest absolute Gasteiger partial charge is 0.479 e. The summed E-state index contributed by atoms with van der Waals surface area (Å²) >= 11 is 4.90. The Bertz CT molecular complexity index is 662. The van der Waals surface area contributed by atoms with Gasteiger partial charge in [-0.25, -0.2) is 4.79 Å². The van der Waals surface area contributed by atoms with E-state index in [1.807, 2.05) is 18.2 Å². The van der Waals surface area contributed by atoms with Crippen LogP contribution in [0.5, 0.6) is 0 Å². The smallest absolute Gasteiger partial charge is 0.338 e. The molecule has 2 aromatic rings. The number of carboxylic acids is 1. The van der Waals surface area contributed by atoms with E-state index in [2.05, 4.69) is 0 Å². The van der Waals surface area contributed by atoms with E-state index in [0.717, 1.165) is 5.56 Å². The summed E-state index contributed by atoms with van der Waals surface area (Å²) in [4.78, 5) is 21.4. The molecule has 0 aliphatic rings. The molecule has 2 atom stereocenters. The average molecular weight is 338 g/mol. The van der Waals surface area contributed by atoms with E-state index in [4.69, 9.17) is 20.9 Å². The Balaban J connectivity index is 2.05. The summed E-state index contributed by atoms with van der Waals surface area (Å²) in [6.45, 7) is -3.63. The Morgan fingerprint density at radius 1 is 1.09 bits per heavy atom. The van der Waals surface area contributed by atoms with Gasteiger partial charge in [-0.3, -0.25) is 4.52 Å². The fourth-order valence-corrected chi connectivity index (χ4v) is 3.04. The Morgan fingerprint density at radius 2 is 1.64 bits per heavy atom. The van der Waals surface area contributed by atoms with E-state index in [-0.39, 0.29) is 6.61 Å². The Hall–Kier alpha value is -1.56. The molecule has 1 unspecified atom stereocenters. The monoisotopic (exact) mass is 338 g/mol. The molecule has 7 heteroatoms. The van der Waals surface area contributed by atoms with Crippen LogP contribution >= 0.6 is 6.72 Å². The molecule has 0 aliphatic heterocycles. The summed E-state index contributed by atoms with van der Waals surface area (Å²) in [5.41, 5.74) is 1.20. The Morgan fingerprint density at radius 3 is 2.18 bits per heavy atom. The summed E-state index contributed by atoms with van der Waals surface area (Å²) in [5.74, 6) is -1.24. The highest BCUT2D eigenvalue weighted by Crippen LogP contribution is 2.49. The highest BCUT2D eigenvalue weighted by molar-refractivity contribution is 8.07. The van der Waals surface area contributed by atoms with Crippen molar-refractivity contribution in [3.8, 4) is 0 Å². The van der Waals surface area contributed by atoms with Crippen molar-refractivity contribution in [3.05, 3.63) is 71.8 Å². The van der Waals surface area contributed by atoms with Gasteiger partial charge in [-0.05, 0) is 22.9 Å². The summed E-state index contributed by atoms with van der Waals surface area (Å²) in [6, 6.07) is 17.4. The normalized spacial score (nSPS) is 15.0. The van der Waals surface area contributed by atoms with Crippen molar-refractivity contribution in [1.29, 1.82) is 0 Å². The molecular formula is C15H15O5PS. The van der Waals surface area contributed by atoms with Crippen LogP contribution in [0.1, 0.15) is 17.2 Å². The Kier molecular flexibility index (Phi) is 5.83. The number of carbonyl (C=O) groups is 1. The van der Waals surface area contributed by atoms with Gasteiger partial charge in [-0.1, -0.05) is 60.7 Å². The summed E-state index contributed by atoms with van der Waals surface area (Å²) in [7, 11) is 0. The van der Waals surface area contributed by atoms with Crippen LogP contribution in [0.25, 0.3) is 0 Å². The second-order valence-electron chi connectivity index (χ2n) is 4.46. The number of rotatable bonds is 7. The van der Waals surface area contributed by atoms with E-state index < -0.39 is 18.8 Å². The van der Waals surface area contributed by atoms with E-state index in [1.54, 1.807) is 42.5 Å². The molecule has 0 heterocycles. The predicted molar refractivity (Wildman–Crippen MR) is 85.6 cm³/mol. The highest BCUT2D eigenvalue weighted by Gasteiger charge is 2.28. The first kappa shape index (κ1) is 16.8.